The molecule has 0 N–H and O–H groups in total. The SMILES string of the molecule is COSOc1ccc(C)cc1. The Bertz CT molecular complexity index is 208. The molecule has 0 fully saturated rings. The smallest absolute Gasteiger partial charge is 0.225 e. The maximum absolute atomic E-state index is 5.10. The average Bonchev–Trinajstić information content (AvgIpc) is 2.04. The lowest BCUT2D eigenvalue weighted by molar-refractivity contribution is 0.439. The van der Waals surface area contributed by atoms with Crippen molar-refractivity contribution in [3.63, 3.8) is 0 Å². The van der Waals surface area contributed by atoms with E-state index in [1.807, 2.05) is 31.2 Å². The van der Waals surface area contributed by atoms with Crippen LogP contribution in [-0.4, -0.2) is 7.11 Å². The van der Waals surface area contributed by atoms with Crippen molar-refractivity contribution in [1.29, 1.82) is 0 Å². The number of hydrogen-bond acceptors (Lipinski definition) is 3. The molecule has 0 spiro atoms. The first-order valence-corrected chi connectivity index (χ1v) is 3.93. The summed E-state index contributed by atoms with van der Waals surface area (Å²) in [6, 6.07) is 7.79. The highest BCUT2D eigenvalue weighted by molar-refractivity contribution is 7.90. The molecule has 0 radical (unpaired) electrons. The topological polar surface area (TPSA) is 18.5 Å². The number of hydrogen-bond donors (Lipinski definition) is 0. The normalized spacial score (nSPS) is 9.64. The van der Waals surface area contributed by atoms with Gasteiger partial charge in [-0.1, -0.05) is 17.7 Å². The van der Waals surface area contributed by atoms with Crippen LogP contribution in [0.4, 0.5) is 0 Å². The van der Waals surface area contributed by atoms with Crippen LogP contribution in [0.3, 0.4) is 0 Å². The first-order chi connectivity index (χ1) is 5.33. The van der Waals surface area contributed by atoms with E-state index >= 15 is 0 Å². The van der Waals surface area contributed by atoms with E-state index < -0.39 is 0 Å². The molecule has 1 aromatic rings. The summed E-state index contributed by atoms with van der Waals surface area (Å²) >= 11 is 0.967. The average molecular weight is 170 g/mol. The molecule has 0 saturated carbocycles. The molecule has 1 rings (SSSR count). The molecule has 0 aliphatic rings. The number of benzene rings is 1. The van der Waals surface area contributed by atoms with Crippen molar-refractivity contribution in [2.24, 2.45) is 0 Å². The molecular weight excluding hydrogens is 160 g/mol. The fourth-order valence-electron chi connectivity index (χ4n) is 0.667. The maximum atomic E-state index is 5.10. The fraction of sp³-hybridized carbons (Fsp3) is 0.250. The van der Waals surface area contributed by atoms with Crippen LogP contribution in [0.1, 0.15) is 5.56 Å². The Balaban J connectivity index is 2.52. The molecule has 11 heavy (non-hydrogen) atoms. The fourth-order valence-corrected chi connectivity index (χ4v) is 0.925. The van der Waals surface area contributed by atoms with E-state index in [2.05, 4.69) is 4.18 Å². The second-order valence-electron chi connectivity index (χ2n) is 2.13. The summed E-state index contributed by atoms with van der Waals surface area (Å²) in [5.41, 5.74) is 1.22. The Labute approximate surface area is 70.9 Å². The van der Waals surface area contributed by atoms with Crippen molar-refractivity contribution in [3.05, 3.63) is 29.8 Å². The van der Waals surface area contributed by atoms with Gasteiger partial charge in [0.25, 0.3) is 0 Å². The summed E-state index contributed by atoms with van der Waals surface area (Å²) in [4.78, 5) is 0. The molecule has 0 aromatic heterocycles. The summed E-state index contributed by atoms with van der Waals surface area (Å²) in [6.07, 6.45) is 0. The van der Waals surface area contributed by atoms with Gasteiger partial charge in [-0.05, 0) is 19.1 Å². The second kappa shape index (κ2) is 4.26. The van der Waals surface area contributed by atoms with Gasteiger partial charge in [-0.15, -0.1) is 0 Å². The predicted octanol–water partition coefficient (Wildman–Crippen LogP) is 2.58. The molecule has 1 aromatic carbocycles. The first kappa shape index (κ1) is 8.43. The van der Waals surface area contributed by atoms with Gasteiger partial charge in [0, 0.05) is 0 Å². The monoisotopic (exact) mass is 170 g/mol. The van der Waals surface area contributed by atoms with E-state index in [4.69, 9.17) is 4.18 Å². The zero-order valence-electron chi connectivity index (χ0n) is 6.53. The van der Waals surface area contributed by atoms with Gasteiger partial charge in [-0.3, -0.25) is 4.18 Å². The largest absolute Gasteiger partial charge is 0.400 e. The van der Waals surface area contributed by atoms with Crippen LogP contribution in [-0.2, 0) is 4.18 Å². The molecule has 0 amide bonds. The van der Waals surface area contributed by atoms with Gasteiger partial charge in [0.15, 0.2) is 0 Å². The molecule has 60 valence electrons. The number of aryl methyl sites for hydroxylation is 1. The molecule has 0 unspecified atom stereocenters. The third kappa shape index (κ3) is 2.82. The lowest BCUT2D eigenvalue weighted by atomic mass is 10.2. The van der Waals surface area contributed by atoms with Gasteiger partial charge < -0.3 is 4.18 Å². The van der Waals surface area contributed by atoms with E-state index in [1.54, 1.807) is 7.11 Å². The predicted molar refractivity (Wildman–Crippen MR) is 46.4 cm³/mol. The Morgan fingerprint density at radius 1 is 1.18 bits per heavy atom. The minimum atomic E-state index is 0.808. The Kier molecular flexibility index (Phi) is 3.26. The summed E-state index contributed by atoms with van der Waals surface area (Å²) in [5.74, 6) is 0.808. The molecule has 0 aliphatic carbocycles. The molecule has 2 nitrogen and oxygen atoms in total. The summed E-state index contributed by atoms with van der Waals surface area (Å²) in [7, 11) is 1.57. The highest BCUT2D eigenvalue weighted by Gasteiger charge is 1.91. The quantitative estimate of drug-likeness (QED) is 0.649. The zero-order chi connectivity index (χ0) is 8.10. The van der Waals surface area contributed by atoms with E-state index in [0.717, 1.165) is 18.1 Å². The molecule has 0 heterocycles. The van der Waals surface area contributed by atoms with Gasteiger partial charge >= 0.3 is 0 Å². The minimum Gasteiger partial charge on any atom is -0.400 e. The Hall–Kier alpha value is -0.670. The van der Waals surface area contributed by atoms with Crippen LogP contribution in [0.15, 0.2) is 24.3 Å². The second-order valence-corrected chi connectivity index (χ2v) is 2.77. The summed E-state index contributed by atoms with van der Waals surface area (Å²) in [6.45, 7) is 2.03. The van der Waals surface area contributed by atoms with Crippen molar-refractivity contribution in [1.82, 2.24) is 0 Å². The summed E-state index contributed by atoms with van der Waals surface area (Å²) < 4.78 is 9.78. The van der Waals surface area contributed by atoms with Crippen molar-refractivity contribution < 1.29 is 8.37 Å². The van der Waals surface area contributed by atoms with Gasteiger partial charge in [-0.2, -0.15) is 0 Å². The Morgan fingerprint density at radius 2 is 1.82 bits per heavy atom. The highest BCUT2D eigenvalue weighted by Crippen LogP contribution is 2.16. The van der Waals surface area contributed by atoms with E-state index in [9.17, 15) is 0 Å². The molecular formula is C8H10O2S. The van der Waals surface area contributed by atoms with Crippen molar-refractivity contribution in [2.75, 3.05) is 7.11 Å². The lowest BCUT2D eigenvalue weighted by Gasteiger charge is -2.00. The highest BCUT2D eigenvalue weighted by atomic mass is 32.2. The lowest BCUT2D eigenvalue weighted by Crippen LogP contribution is -1.81. The van der Waals surface area contributed by atoms with Gasteiger partial charge in [0.2, 0.25) is 12.3 Å². The van der Waals surface area contributed by atoms with Crippen LogP contribution in [0, 0.1) is 6.92 Å². The standard InChI is InChI=1S/C8H10O2S/c1-7-3-5-8(6-4-7)10-11-9-2/h3-6H,1-2H3. The molecule has 0 saturated heterocycles. The van der Waals surface area contributed by atoms with Crippen LogP contribution in [0.2, 0.25) is 0 Å². The van der Waals surface area contributed by atoms with Crippen molar-refractivity contribution in [3.8, 4) is 5.75 Å². The maximum Gasteiger partial charge on any atom is 0.225 e. The zero-order valence-corrected chi connectivity index (χ0v) is 7.35. The molecule has 0 bridgehead atoms. The van der Waals surface area contributed by atoms with Gasteiger partial charge in [0.1, 0.15) is 5.75 Å². The van der Waals surface area contributed by atoms with Crippen molar-refractivity contribution in [2.45, 2.75) is 6.92 Å². The van der Waals surface area contributed by atoms with Crippen LogP contribution < -0.4 is 4.18 Å². The van der Waals surface area contributed by atoms with E-state index in [1.165, 1.54) is 5.56 Å². The molecule has 0 aliphatic heterocycles. The Morgan fingerprint density at radius 3 is 2.36 bits per heavy atom. The first-order valence-electron chi connectivity index (χ1n) is 3.27. The third-order valence-corrected chi connectivity index (χ3v) is 1.62. The van der Waals surface area contributed by atoms with Gasteiger partial charge in [0.05, 0.1) is 7.11 Å². The van der Waals surface area contributed by atoms with Crippen molar-refractivity contribution >= 4 is 12.3 Å². The molecule has 3 heteroatoms. The summed E-state index contributed by atoms with van der Waals surface area (Å²) in [5, 5.41) is 0. The number of rotatable bonds is 3. The van der Waals surface area contributed by atoms with Crippen LogP contribution in [0.25, 0.3) is 0 Å². The van der Waals surface area contributed by atoms with Gasteiger partial charge in [-0.25, -0.2) is 0 Å². The van der Waals surface area contributed by atoms with Crippen LogP contribution in [0.5, 0.6) is 5.75 Å². The van der Waals surface area contributed by atoms with E-state index in [-0.39, 0.29) is 0 Å². The minimum absolute atomic E-state index is 0.808. The van der Waals surface area contributed by atoms with Crippen LogP contribution >= 0.6 is 12.3 Å². The van der Waals surface area contributed by atoms with E-state index in [0.29, 0.717) is 0 Å². The third-order valence-electron chi connectivity index (χ3n) is 1.22. The molecule has 0 atom stereocenters.